The number of aromatic nitrogens is 4. The molecule has 0 bridgehead atoms. The molecule has 35 heavy (non-hydrogen) atoms. The van der Waals surface area contributed by atoms with Crippen LogP contribution in [0.3, 0.4) is 0 Å². The molecule has 2 heterocycles. The molecular formula is C26H22N4O5. The van der Waals surface area contributed by atoms with E-state index < -0.39 is 11.7 Å². The summed E-state index contributed by atoms with van der Waals surface area (Å²) in [5, 5.41) is 13.4. The van der Waals surface area contributed by atoms with Gasteiger partial charge in [0, 0.05) is 5.56 Å². The van der Waals surface area contributed by atoms with Crippen LogP contribution in [0.1, 0.15) is 34.8 Å². The largest absolute Gasteiger partial charge is 0.478 e. The molecule has 0 saturated heterocycles. The van der Waals surface area contributed by atoms with Crippen molar-refractivity contribution in [3.63, 3.8) is 0 Å². The number of hydrogen-bond donors (Lipinski definition) is 3. The first-order chi connectivity index (χ1) is 17.0. The van der Waals surface area contributed by atoms with Crippen LogP contribution in [0, 0.1) is 0 Å². The van der Waals surface area contributed by atoms with Crippen LogP contribution in [-0.4, -0.2) is 37.8 Å². The number of carboxylic acids is 1. The maximum atomic E-state index is 11.7. The fourth-order valence-corrected chi connectivity index (χ4v) is 4.02. The molecule has 3 N–H and O–H groups in total. The van der Waals surface area contributed by atoms with Crippen LogP contribution in [0.25, 0.3) is 33.5 Å². The summed E-state index contributed by atoms with van der Waals surface area (Å²) in [7, 11) is 0. The van der Waals surface area contributed by atoms with Crippen LogP contribution in [0.4, 0.5) is 0 Å². The van der Waals surface area contributed by atoms with Crippen LogP contribution in [0.2, 0.25) is 0 Å². The molecule has 2 aromatic heterocycles. The number of carbonyl (C=O) groups is 1. The van der Waals surface area contributed by atoms with Gasteiger partial charge in [0.15, 0.2) is 5.82 Å². The summed E-state index contributed by atoms with van der Waals surface area (Å²) in [6.07, 6.45) is 1.38. The average Bonchev–Trinajstić information content (AvgIpc) is 3.50. The molecule has 0 radical (unpaired) electrons. The van der Waals surface area contributed by atoms with E-state index in [2.05, 4.69) is 24.6 Å². The summed E-state index contributed by atoms with van der Waals surface area (Å²) in [5.74, 6) is -1.26. The van der Waals surface area contributed by atoms with Crippen LogP contribution in [-0.2, 0) is 6.42 Å². The van der Waals surface area contributed by atoms with E-state index in [0.717, 1.165) is 34.2 Å². The lowest BCUT2D eigenvalue weighted by molar-refractivity contribution is 0.0699. The lowest BCUT2D eigenvalue weighted by atomic mass is 9.96. The number of aromatic carboxylic acids is 1. The molecule has 0 amide bonds. The predicted octanol–water partition coefficient (Wildman–Crippen LogP) is 4.65. The van der Waals surface area contributed by atoms with Gasteiger partial charge in [0.25, 0.3) is 6.01 Å². The quantitative estimate of drug-likeness (QED) is 0.300. The van der Waals surface area contributed by atoms with Gasteiger partial charge >= 0.3 is 11.7 Å². The second kappa shape index (κ2) is 9.30. The van der Waals surface area contributed by atoms with Crippen molar-refractivity contribution in [1.82, 2.24) is 20.1 Å². The minimum absolute atomic E-state index is 0.153. The van der Waals surface area contributed by atoms with Gasteiger partial charge in [0.2, 0.25) is 0 Å². The third-order valence-electron chi connectivity index (χ3n) is 5.66. The van der Waals surface area contributed by atoms with E-state index in [1.807, 2.05) is 55.5 Å². The summed E-state index contributed by atoms with van der Waals surface area (Å²) in [6, 6.07) is 19.3. The Labute approximate surface area is 199 Å². The molecule has 0 unspecified atom stereocenters. The van der Waals surface area contributed by atoms with Gasteiger partial charge in [-0.25, -0.2) is 9.59 Å². The van der Waals surface area contributed by atoms with Crippen LogP contribution < -0.4 is 10.5 Å². The zero-order valence-corrected chi connectivity index (χ0v) is 18.9. The average molecular weight is 470 g/mol. The molecular weight excluding hydrogens is 448 g/mol. The van der Waals surface area contributed by atoms with E-state index >= 15 is 0 Å². The summed E-state index contributed by atoms with van der Waals surface area (Å²) in [5.41, 5.74) is 5.73. The SMILES string of the molecule is CCCOc1nc2c(Cc3ccc(-c4ccccc4-c4noc(=O)[nH]4)cc3)ccc(C(=O)O)c2[nH]1. The number of aromatic amines is 2. The Morgan fingerprint density at radius 3 is 2.49 bits per heavy atom. The zero-order valence-electron chi connectivity index (χ0n) is 18.9. The number of hydrogen-bond acceptors (Lipinski definition) is 6. The van der Waals surface area contributed by atoms with E-state index in [0.29, 0.717) is 35.9 Å². The number of imidazole rings is 1. The summed E-state index contributed by atoms with van der Waals surface area (Å²) >= 11 is 0. The first-order valence-corrected chi connectivity index (χ1v) is 11.2. The molecule has 5 aromatic rings. The minimum Gasteiger partial charge on any atom is -0.478 e. The standard InChI is InChI=1S/C26H22N4O5/c1-2-13-34-25-27-21-17(11-12-20(24(31)32)22(21)28-25)14-15-7-9-16(10-8-15)18-5-3-4-6-19(18)23-29-26(33)35-30-23/h3-12H,2,13-14H2,1H3,(H,27,28)(H,31,32)(H,29,30,33). The van der Waals surface area contributed by atoms with E-state index in [4.69, 9.17) is 4.74 Å². The topological polar surface area (TPSA) is 134 Å². The number of nitrogens with one attached hydrogen (secondary N) is 2. The van der Waals surface area contributed by atoms with Crippen molar-refractivity contribution in [3.05, 3.63) is 87.9 Å². The third kappa shape index (κ3) is 4.43. The van der Waals surface area contributed by atoms with Gasteiger partial charge in [0.05, 0.1) is 23.2 Å². The molecule has 3 aromatic carbocycles. The monoisotopic (exact) mass is 470 g/mol. The summed E-state index contributed by atoms with van der Waals surface area (Å²) in [4.78, 5) is 33.2. The van der Waals surface area contributed by atoms with Crippen molar-refractivity contribution in [2.24, 2.45) is 0 Å². The number of H-pyrrole nitrogens is 2. The molecule has 0 saturated carbocycles. The van der Waals surface area contributed by atoms with Crippen molar-refractivity contribution in [3.8, 4) is 28.5 Å². The van der Waals surface area contributed by atoms with E-state index in [9.17, 15) is 14.7 Å². The van der Waals surface area contributed by atoms with Crippen molar-refractivity contribution >= 4 is 17.0 Å². The highest BCUT2D eigenvalue weighted by Crippen LogP contribution is 2.31. The molecule has 0 fully saturated rings. The van der Waals surface area contributed by atoms with Gasteiger partial charge in [-0.3, -0.25) is 9.51 Å². The lowest BCUT2D eigenvalue weighted by Crippen LogP contribution is -1.99. The maximum Gasteiger partial charge on any atom is 0.439 e. The summed E-state index contributed by atoms with van der Waals surface area (Å²) in [6.45, 7) is 2.48. The molecule has 9 heteroatoms. The van der Waals surface area contributed by atoms with E-state index in [-0.39, 0.29) is 5.56 Å². The molecule has 5 rings (SSSR count). The minimum atomic E-state index is -1.02. The second-order valence-corrected chi connectivity index (χ2v) is 8.05. The Morgan fingerprint density at radius 1 is 1.03 bits per heavy atom. The number of fused-ring (bicyclic) bond motifs is 1. The molecule has 0 aliphatic carbocycles. The van der Waals surface area contributed by atoms with Crippen molar-refractivity contribution in [2.45, 2.75) is 19.8 Å². The molecule has 176 valence electrons. The molecule has 0 aliphatic rings. The van der Waals surface area contributed by atoms with Gasteiger partial charge in [-0.1, -0.05) is 66.7 Å². The molecule has 0 aliphatic heterocycles. The molecule has 9 nitrogen and oxygen atoms in total. The van der Waals surface area contributed by atoms with Crippen molar-refractivity contribution < 1.29 is 19.2 Å². The Balaban J connectivity index is 1.46. The number of nitrogens with zero attached hydrogens (tertiary/aromatic N) is 2. The van der Waals surface area contributed by atoms with Crippen LogP contribution >= 0.6 is 0 Å². The predicted molar refractivity (Wildman–Crippen MR) is 130 cm³/mol. The number of benzene rings is 3. The van der Waals surface area contributed by atoms with E-state index in [1.165, 1.54) is 0 Å². The van der Waals surface area contributed by atoms with Gasteiger partial charge in [0.1, 0.15) is 0 Å². The first kappa shape index (κ1) is 22.1. The lowest BCUT2D eigenvalue weighted by Gasteiger charge is -2.09. The second-order valence-electron chi connectivity index (χ2n) is 8.05. The normalized spacial score (nSPS) is 11.1. The first-order valence-electron chi connectivity index (χ1n) is 11.2. The van der Waals surface area contributed by atoms with Gasteiger partial charge < -0.3 is 14.8 Å². The highest BCUT2D eigenvalue weighted by Gasteiger charge is 2.17. The zero-order chi connectivity index (χ0) is 24.4. The highest BCUT2D eigenvalue weighted by atomic mass is 16.5. The van der Waals surface area contributed by atoms with Crippen LogP contribution in [0.15, 0.2) is 70.0 Å². The van der Waals surface area contributed by atoms with Crippen molar-refractivity contribution in [1.29, 1.82) is 0 Å². The van der Waals surface area contributed by atoms with Gasteiger partial charge in [-0.05, 0) is 41.2 Å². The number of ether oxygens (including phenoxy) is 1. The van der Waals surface area contributed by atoms with Crippen LogP contribution in [0.5, 0.6) is 6.01 Å². The molecule has 0 spiro atoms. The third-order valence-corrected chi connectivity index (χ3v) is 5.66. The smallest absolute Gasteiger partial charge is 0.439 e. The van der Waals surface area contributed by atoms with Gasteiger partial charge in [-0.2, -0.15) is 4.98 Å². The Bertz CT molecular complexity index is 1560. The highest BCUT2D eigenvalue weighted by molar-refractivity contribution is 6.02. The maximum absolute atomic E-state index is 11.7. The fourth-order valence-electron chi connectivity index (χ4n) is 4.02. The number of rotatable bonds is 8. The Kier molecular flexibility index (Phi) is 5.88. The van der Waals surface area contributed by atoms with Gasteiger partial charge in [-0.15, -0.1) is 0 Å². The van der Waals surface area contributed by atoms with E-state index in [1.54, 1.807) is 12.1 Å². The number of carboxylic acid groups (broad SMARTS) is 1. The summed E-state index contributed by atoms with van der Waals surface area (Å²) < 4.78 is 10.3. The Hall–Kier alpha value is -4.66. The molecule has 0 atom stereocenters. The fraction of sp³-hybridized carbons (Fsp3) is 0.154. The Morgan fingerprint density at radius 2 is 1.80 bits per heavy atom. The van der Waals surface area contributed by atoms with Crippen molar-refractivity contribution in [2.75, 3.05) is 6.61 Å².